The normalized spacial score (nSPS) is 10.5. The Hall–Kier alpha value is -0.990. The van der Waals surface area contributed by atoms with E-state index >= 15 is 0 Å². The summed E-state index contributed by atoms with van der Waals surface area (Å²) in [7, 11) is 0. The van der Waals surface area contributed by atoms with Gasteiger partial charge >= 0.3 is 0 Å². The van der Waals surface area contributed by atoms with Gasteiger partial charge in [0.25, 0.3) is 0 Å². The second-order valence-electron chi connectivity index (χ2n) is 2.88. The van der Waals surface area contributed by atoms with Crippen LogP contribution < -0.4 is 5.32 Å². The van der Waals surface area contributed by atoms with Gasteiger partial charge in [-0.15, -0.1) is 0 Å². The minimum Gasteiger partial charge on any atom is -0.380 e. The molecule has 0 saturated carbocycles. The highest BCUT2D eigenvalue weighted by molar-refractivity contribution is 5.38. The minimum atomic E-state index is 0.476. The zero-order valence-corrected chi connectivity index (χ0v) is 7.33. The van der Waals surface area contributed by atoms with Crippen LogP contribution in [0.2, 0.25) is 0 Å². The number of aromatic nitrogens is 2. The lowest BCUT2D eigenvalue weighted by molar-refractivity contribution is 0.660. The van der Waals surface area contributed by atoms with Gasteiger partial charge in [0.05, 0.1) is 11.9 Å². The van der Waals surface area contributed by atoms with Crippen LogP contribution in [0.5, 0.6) is 0 Å². The highest BCUT2D eigenvalue weighted by Gasteiger charge is 1.96. The minimum absolute atomic E-state index is 0.476. The van der Waals surface area contributed by atoms with Crippen LogP contribution in [0.1, 0.15) is 20.8 Å². The van der Waals surface area contributed by atoms with Crippen molar-refractivity contribution in [1.82, 2.24) is 9.78 Å². The van der Waals surface area contributed by atoms with Crippen LogP contribution in [0.3, 0.4) is 0 Å². The van der Waals surface area contributed by atoms with Crippen molar-refractivity contribution < 1.29 is 0 Å². The molecule has 0 fully saturated rings. The SMILES string of the molecule is CCn1cc(NC(C)C)cn1. The van der Waals surface area contributed by atoms with E-state index in [4.69, 9.17) is 0 Å². The molecule has 62 valence electrons. The Kier molecular flexibility index (Phi) is 2.52. The van der Waals surface area contributed by atoms with Crippen LogP contribution in [0, 0.1) is 0 Å². The molecule has 0 spiro atoms. The summed E-state index contributed by atoms with van der Waals surface area (Å²) in [6.07, 6.45) is 3.86. The van der Waals surface area contributed by atoms with Crippen molar-refractivity contribution in [2.24, 2.45) is 0 Å². The first-order valence-electron chi connectivity index (χ1n) is 4.01. The number of aryl methyl sites for hydroxylation is 1. The van der Waals surface area contributed by atoms with Crippen LogP contribution >= 0.6 is 0 Å². The van der Waals surface area contributed by atoms with E-state index in [0.717, 1.165) is 12.2 Å². The molecule has 1 heterocycles. The predicted molar refractivity (Wildman–Crippen MR) is 46.7 cm³/mol. The van der Waals surface area contributed by atoms with Crippen molar-refractivity contribution in [2.75, 3.05) is 5.32 Å². The first-order valence-corrected chi connectivity index (χ1v) is 4.01. The maximum Gasteiger partial charge on any atom is 0.0728 e. The Balaban J connectivity index is 2.58. The smallest absolute Gasteiger partial charge is 0.0728 e. The Morgan fingerprint density at radius 2 is 2.36 bits per heavy atom. The zero-order chi connectivity index (χ0) is 8.27. The molecule has 1 aromatic rings. The zero-order valence-electron chi connectivity index (χ0n) is 7.33. The number of nitrogens with one attached hydrogen (secondary N) is 1. The second kappa shape index (κ2) is 3.42. The highest BCUT2D eigenvalue weighted by Crippen LogP contribution is 2.05. The third-order valence-corrected chi connectivity index (χ3v) is 1.41. The third kappa shape index (κ3) is 2.26. The van der Waals surface area contributed by atoms with Crippen molar-refractivity contribution >= 4 is 5.69 Å². The molecule has 3 nitrogen and oxygen atoms in total. The van der Waals surface area contributed by atoms with Gasteiger partial charge in [0.1, 0.15) is 0 Å². The topological polar surface area (TPSA) is 29.9 Å². The number of nitrogens with zero attached hydrogens (tertiary/aromatic N) is 2. The van der Waals surface area contributed by atoms with Gasteiger partial charge in [-0.3, -0.25) is 4.68 Å². The summed E-state index contributed by atoms with van der Waals surface area (Å²) in [4.78, 5) is 0. The summed E-state index contributed by atoms with van der Waals surface area (Å²) in [5, 5.41) is 7.42. The second-order valence-corrected chi connectivity index (χ2v) is 2.88. The molecule has 0 aliphatic heterocycles. The van der Waals surface area contributed by atoms with E-state index in [-0.39, 0.29) is 0 Å². The molecule has 0 unspecified atom stereocenters. The Labute approximate surface area is 67.4 Å². The van der Waals surface area contributed by atoms with Gasteiger partial charge in [0.15, 0.2) is 0 Å². The van der Waals surface area contributed by atoms with Crippen LogP contribution in [0.25, 0.3) is 0 Å². The molecule has 0 amide bonds. The summed E-state index contributed by atoms with van der Waals surface area (Å²) >= 11 is 0. The molecule has 0 aromatic carbocycles. The molecule has 0 radical (unpaired) electrons. The van der Waals surface area contributed by atoms with Crippen LogP contribution in [-0.2, 0) is 6.54 Å². The van der Waals surface area contributed by atoms with Crippen molar-refractivity contribution in [2.45, 2.75) is 33.4 Å². The number of anilines is 1. The fourth-order valence-corrected chi connectivity index (χ4v) is 0.944. The molecule has 0 bridgehead atoms. The molecule has 1 aromatic heterocycles. The van der Waals surface area contributed by atoms with Crippen molar-refractivity contribution in [3.63, 3.8) is 0 Å². The third-order valence-electron chi connectivity index (χ3n) is 1.41. The average molecular weight is 153 g/mol. The van der Waals surface area contributed by atoms with Crippen molar-refractivity contribution in [3.05, 3.63) is 12.4 Å². The molecule has 0 aliphatic rings. The predicted octanol–water partition coefficient (Wildman–Crippen LogP) is 1.72. The van der Waals surface area contributed by atoms with E-state index in [2.05, 4.69) is 31.2 Å². The van der Waals surface area contributed by atoms with Gasteiger partial charge in [-0.1, -0.05) is 0 Å². The molecule has 0 saturated heterocycles. The summed E-state index contributed by atoms with van der Waals surface area (Å²) in [5.74, 6) is 0. The number of hydrogen-bond donors (Lipinski definition) is 1. The van der Waals surface area contributed by atoms with Crippen LogP contribution in [0.15, 0.2) is 12.4 Å². The Morgan fingerprint density at radius 3 is 2.82 bits per heavy atom. The van der Waals surface area contributed by atoms with E-state index in [1.807, 2.05) is 17.1 Å². The van der Waals surface area contributed by atoms with E-state index in [1.54, 1.807) is 0 Å². The summed E-state index contributed by atoms with van der Waals surface area (Å²) < 4.78 is 1.91. The summed E-state index contributed by atoms with van der Waals surface area (Å²) in [5.41, 5.74) is 1.10. The monoisotopic (exact) mass is 153 g/mol. The van der Waals surface area contributed by atoms with E-state index in [0.29, 0.717) is 6.04 Å². The molecular formula is C8H15N3. The quantitative estimate of drug-likeness (QED) is 0.716. The van der Waals surface area contributed by atoms with E-state index < -0.39 is 0 Å². The van der Waals surface area contributed by atoms with Crippen LogP contribution in [-0.4, -0.2) is 15.8 Å². The molecule has 1 rings (SSSR count). The molecule has 0 atom stereocenters. The largest absolute Gasteiger partial charge is 0.380 e. The molecular weight excluding hydrogens is 138 g/mol. The Bertz CT molecular complexity index is 215. The van der Waals surface area contributed by atoms with E-state index in [1.165, 1.54) is 0 Å². The van der Waals surface area contributed by atoms with Gasteiger partial charge in [-0.05, 0) is 20.8 Å². The van der Waals surface area contributed by atoms with Crippen molar-refractivity contribution in [3.8, 4) is 0 Å². The van der Waals surface area contributed by atoms with Gasteiger partial charge in [0, 0.05) is 18.8 Å². The fourth-order valence-electron chi connectivity index (χ4n) is 0.944. The highest BCUT2D eigenvalue weighted by atomic mass is 15.3. The first-order chi connectivity index (χ1) is 5.22. The Morgan fingerprint density at radius 1 is 1.64 bits per heavy atom. The molecule has 11 heavy (non-hydrogen) atoms. The van der Waals surface area contributed by atoms with Gasteiger partial charge in [-0.25, -0.2) is 0 Å². The standard InChI is InChI=1S/C8H15N3/c1-4-11-6-8(5-9-11)10-7(2)3/h5-7,10H,4H2,1-3H3. The first kappa shape index (κ1) is 8.11. The summed E-state index contributed by atoms with van der Waals surface area (Å²) in [6, 6.07) is 0.476. The molecule has 3 heteroatoms. The maximum atomic E-state index is 4.14. The molecule has 1 N–H and O–H groups in total. The summed E-state index contributed by atoms with van der Waals surface area (Å²) in [6.45, 7) is 7.23. The average Bonchev–Trinajstić information content (AvgIpc) is 2.34. The lowest BCUT2D eigenvalue weighted by Gasteiger charge is -2.05. The molecule has 0 aliphatic carbocycles. The van der Waals surface area contributed by atoms with Gasteiger partial charge < -0.3 is 5.32 Å². The number of rotatable bonds is 3. The van der Waals surface area contributed by atoms with Gasteiger partial charge in [0.2, 0.25) is 0 Å². The fraction of sp³-hybridized carbons (Fsp3) is 0.625. The maximum absolute atomic E-state index is 4.14. The lowest BCUT2D eigenvalue weighted by atomic mass is 10.4. The lowest BCUT2D eigenvalue weighted by Crippen LogP contribution is -2.08. The van der Waals surface area contributed by atoms with Crippen LogP contribution in [0.4, 0.5) is 5.69 Å². The van der Waals surface area contributed by atoms with E-state index in [9.17, 15) is 0 Å². The number of hydrogen-bond acceptors (Lipinski definition) is 2. The van der Waals surface area contributed by atoms with Crippen molar-refractivity contribution in [1.29, 1.82) is 0 Å². The van der Waals surface area contributed by atoms with Gasteiger partial charge in [-0.2, -0.15) is 5.10 Å².